The van der Waals surface area contributed by atoms with Gasteiger partial charge in [0.15, 0.2) is 0 Å². The first kappa shape index (κ1) is 14.5. The van der Waals surface area contributed by atoms with E-state index in [0.717, 1.165) is 25.8 Å². The molecule has 1 saturated heterocycles. The fourth-order valence-electron chi connectivity index (χ4n) is 2.47. The van der Waals surface area contributed by atoms with Gasteiger partial charge in [-0.2, -0.15) is 0 Å². The lowest BCUT2D eigenvalue weighted by Crippen LogP contribution is -2.40. The summed E-state index contributed by atoms with van der Waals surface area (Å²) in [6, 6.07) is 0.0275. The van der Waals surface area contributed by atoms with Crippen molar-refractivity contribution in [2.24, 2.45) is 5.92 Å². The summed E-state index contributed by atoms with van der Waals surface area (Å²) in [7, 11) is 1.71. The number of hydrogen-bond donors (Lipinski definition) is 1. The average molecular weight is 242 g/mol. The minimum Gasteiger partial charge on any atom is -0.384 e. The molecule has 0 radical (unpaired) electrons. The van der Waals surface area contributed by atoms with E-state index in [-0.39, 0.29) is 18.1 Å². The number of hydrogen-bond acceptors (Lipinski definition) is 3. The molecular formula is C13H26N2O2. The number of carbonyl (C=O) groups excluding carboxylic acids is 1. The summed E-state index contributed by atoms with van der Waals surface area (Å²) < 4.78 is 5.13. The van der Waals surface area contributed by atoms with Gasteiger partial charge in [-0.3, -0.25) is 10.1 Å². The van der Waals surface area contributed by atoms with Crippen molar-refractivity contribution >= 4 is 5.91 Å². The topological polar surface area (TPSA) is 41.6 Å². The third-order valence-corrected chi connectivity index (χ3v) is 3.27. The fraction of sp³-hybridized carbons (Fsp3) is 0.923. The predicted octanol–water partition coefficient (Wildman–Crippen LogP) is 1.61. The van der Waals surface area contributed by atoms with E-state index in [1.54, 1.807) is 7.11 Å². The maximum absolute atomic E-state index is 12.2. The molecule has 0 bridgehead atoms. The largest absolute Gasteiger partial charge is 0.384 e. The lowest BCUT2D eigenvalue weighted by molar-refractivity contribution is -0.131. The van der Waals surface area contributed by atoms with Gasteiger partial charge in [0.05, 0.1) is 18.8 Å². The standard InChI is InChI=1S/C13H26N2O2/c1-5-7-11-13(16)15(12(6-2)14-11)8-10(3)9-17-4/h10-12,14H,5-9H2,1-4H3. The fourth-order valence-corrected chi connectivity index (χ4v) is 2.47. The zero-order valence-corrected chi connectivity index (χ0v) is 11.5. The Balaban J connectivity index is 2.58. The summed E-state index contributed by atoms with van der Waals surface area (Å²) in [4.78, 5) is 14.2. The number of nitrogens with zero attached hydrogens (tertiary/aromatic N) is 1. The van der Waals surface area contributed by atoms with Crippen LogP contribution in [0.5, 0.6) is 0 Å². The van der Waals surface area contributed by atoms with Crippen LogP contribution >= 0.6 is 0 Å². The Morgan fingerprint density at radius 3 is 2.71 bits per heavy atom. The second kappa shape index (κ2) is 6.97. The van der Waals surface area contributed by atoms with Crippen molar-refractivity contribution in [1.82, 2.24) is 10.2 Å². The maximum Gasteiger partial charge on any atom is 0.241 e. The number of amides is 1. The minimum atomic E-state index is 0.0275. The van der Waals surface area contributed by atoms with Gasteiger partial charge in [-0.25, -0.2) is 0 Å². The number of nitrogens with one attached hydrogen (secondary N) is 1. The molecule has 17 heavy (non-hydrogen) atoms. The smallest absolute Gasteiger partial charge is 0.241 e. The van der Waals surface area contributed by atoms with E-state index >= 15 is 0 Å². The highest BCUT2D eigenvalue weighted by molar-refractivity contribution is 5.84. The molecule has 4 nitrogen and oxygen atoms in total. The molecule has 1 aliphatic rings. The second-order valence-corrected chi connectivity index (χ2v) is 4.98. The molecule has 0 aromatic carbocycles. The van der Waals surface area contributed by atoms with Gasteiger partial charge in [0.25, 0.3) is 0 Å². The molecule has 0 spiro atoms. The summed E-state index contributed by atoms with van der Waals surface area (Å²) in [6.07, 6.45) is 3.15. The van der Waals surface area contributed by atoms with Crippen molar-refractivity contribution in [3.05, 3.63) is 0 Å². The van der Waals surface area contributed by atoms with Crippen molar-refractivity contribution in [3.8, 4) is 0 Å². The Hall–Kier alpha value is -0.610. The molecule has 3 atom stereocenters. The van der Waals surface area contributed by atoms with Crippen LogP contribution in [0.25, 0.3) is 0 Å². The van der Waals surface area contributed by atoms with Crippen LogP contribution in [0.1, 0.15) is 40.0 Å². The van der Waals surface area contributed by atoms with Crippen molar-refractivity contribution in [3.63, 3.8) is 0 Å². The summed E-state index contributed by atoms with van der Waals surface area (Å²) in [5.74, 6) is 0.654. The molecule has 1 fully saturated rings. The highest BCUT2D eigenvalue weighted by atomic mass is 16.5. The normalized spacial score (nSPS) is 26.6. The van der Waals surface area contributed by atoms with Crippen LogP contribution in [0.2, 0.25) is 0 Å². The van der Waals surface area contributed by atoms with Gasteiger partial charge in [0.2, 0.25) is 5.91 Å². The van der Waals surface area contributed by atoms with Crippen LogP contribution in [-0.4, -0.2) is 43.3 Å². The summed E-state index contributed by atoms with van der Waals surface area (Å²) >= 11 is 0. The lowest BCUT2D eigenvalue weighted by Gasteiger charge is -2.26. The molecule has 1 amide bonds. The molecule has 3 unspecified atom stereocenters. The first-order chi connectivity index (χ1) is 8.13. The van der Waals surface area contributed by atoms with Gasteiger partial charge >= 0.3 is 0 Å². The molecule has 4 heteroatoms. The predicted molar refractivity (Wildman–Crippen MR) is 68.7 cm³/mol. The van der Waals surface area contributed by atoms with Crippen LogP contribution < -0.4 is 5.32 Å². The highest BCUT2D eigenvalue weighted by Crippen LogP contribution is 2.18. The quantitative estimate of drug-likeness (QED) is 0.737. The number of methoxy groups -OCH3 is 1. The summed E-state index contributed by atoms with van der Waals surface area (Å²) in [5, 5.41) is 3.42. The summed E-state index contributed by atoms with van der Waals surface area (Å²) in [6.45, 7) is 7.85. The van der Waals surface area contributed by atoms with E-state index in [9.17, 15) is 4.79 Å². The first-order valence-electron chi connectivity index (χ1n) is 6.69. The van der Waals surface area contributed by atoms with E-state index in [2.05, 4.69) is 26.1 Å². The molecule has 100 valence electrons. The number of ether oxygens (including phenoxy) is 1. The number of carbonyl (C=O) groups is 1. The second-order valence-electron chi connectivity index (χ2n) is 4.98. The molecule has 0 saturated carbocycles. The van der Waals surface area contributed by atoms with E-state index in [0.29, 0.717) is 12.5 Å². The maximum atomic E-state index is 12.2. The Morgan fingerprint density at radius 2 is 2.18 bits per heavy atom. The van der Waals surface area contributed by atoms with Gasteiger partial charge in [0, 0.05) is 13.7 Å². The molecule has 0 aromatic rings. The Bertz CT molecular complexity index is 246. The van der Waals surface area contributed by atoms with Crippen LogP contribution in [-0.2, 0) is 9.53 Å². The van der Waals surface area contributed by atoms with E-state index in [4.69, 9.17) is 4.74 Å². The molecular weight excluding hydrogens is 216 g/mol. The monoisotopic (exact) mass is 242 g/mol. The van der Waals surface area contributed by atoms with E-state index < -0.39 is 0 Å². The third kappa shape index (κ3) is 3.68. The lowest BCUT2D eigenvalue weighted by atomic mass is 10.1. The highest BCUT2D eigenvalue weighted by Gasteiger charge is 2.37. The van der Waals surface area contributed by atoms with Crippen molar-refractivity contribution in [1.29, 1.82) is 0 Å². The zero-order valence-electron chi connectivity index (χ0n) is 11.5. The van der Waals surface area contributed by atoms with Crippen LogP contribution in [0, 0.1) is 5.92 Å². The Kier molecular flexibility index (Phi) is 5.92. The number of rotatable bonds is 7. The Morgan fingerprint density at radius 1 is 1.47 bits per heavy atom. The first-order valence-corrected chi connectivity index (χ1v) is 6.69. The third-order valence-electron chi connectivity index (χ3n) is 3.27. The summed E-state index contributed by atoms with van der Waals surface area (Å²) in [5.41, 5.74) is 0. The van der Waals surface area contributed by atoms with Gasteiger partial charge in [-0.1, -0.05) is 27.2 Å². The van der Waals surface area contributed by atoms with Crippen LogP contribution in [0.15, 0.2) is 0 Å². The van der Waals surface area contributed by atoms with Crippen LogP contribution in [0.3, 0.4) is 0 Å². The zero-order chi connectivity index (χ0) is 12.8. The van der Waals surface area contributed by atoms with Gasteiger partial charge in [-0.05, 0) is 18.8 Å². The minimum absolute atomic E-state index is 0.0275. The molecule has 0 aliphatic carbocycles. The molecule has 1 heterocycles. The molecule has 0 aromatic heterocycles. The van der Waals surface area contributed by atoms with Gasteiger partial charge < -0.3 is 9.64 Å². The van der Waals surface area contributed by atoms with Crippen molar-refractivity contribution < 1.29 is 9.53 Å². The van der Waals surface area contributed by atoms with E-state index in [1.165, 1.54) is 0 Å². The molecule has 1 rings (SSSR count). The molecule has 1 aliphatic heterocycles. The van der Waals surface area contributed by atoms with Crippen molar-refractivity contribution in [2.75, 3.05) is 20.3 Å². The van der Waals surface area contributed by atoms with E-state index in [1.807, 2.05) is 4.90 Å². The molecule has 1 N–H and O–H groups in total. The SMILES string of the molecule is CCCC1NC(CC)N(CC(C)COC)C1=O. The Labute approximate surface area is 105 Å². The average Bonchev–Trinajstić information content (AvgIpc) is 2.58. The van der Waals surface area contributed by atoms with Gasteiger partial charge in [-0.15, -0.1) is 0 Å². The van der Waals surface area contributed by atoms with Crippen molar-refractivity contribution in [2.45, 2.75) is 52.2 Å². The van der Waals surface area contributed by atoms with Crippen LogP contribution in [0.4, 0.5) is 0 Å². The van der Waals surface area contributed by atoms with Gasteiger partial charge in [0.1, 0.15) is 0 Å².